The third kappa shape index (κ3) is 6.95. The first kappa shape index (κ1) is 24.6. The predicted octanol–water partition coefficient (Wildman–Crippen LogP) is 4.92. The molecule has 1 aromatic carbocycles. The highest BCUT2D eigenvalue weighted by Crippen LogP contribution is 2.37. The molecule has 5 nitrogen and oxygen atoms in total. The van der Waals surface area contributed by atoms with Crippen LogP contribution >= 0.6 is 23.2 Å². The van der Waals surface area contributed by atoms with Gasteiger partial charge in [0.25, 0.3) is 0 Å². The average Bonchev–Trinajstić information content (AvgIpc) is 2.74. The number of likely N-dealkylation sites (tertiary alicyclic amines) is 1. The Kier molecular flexibility index (Phi) is 9.26. The summed E-state index contributed by atoms with van der Waals surface area (Å²) in [7, 11) is 1.62. The number of ether oxygens (including phenoxy) is 2. The number of nitrogens with zero attached hydrogens (tertiary/aromatic N) is 1. The normalized spacial score (nSPS) is 24.1. The van der Waals surface area contributed by atoms with E-state index in [9.17, 15) is 9.18 Å². The number of carbonyl (C=O) groups is 1. The maximum atomic E-state index is 13.3. The lowest BCUT2D eigenvalue weighted by Gasteiger charge is -2.35. The number of nitrogens with two attached hydrogens (primary N) is 1. The third-order valence-electron chi connectivity index (χ3n) is 6.81. The van der Waals surface area contributed by atoms with Crippen LogP contribution < -0.4 is 10.5 Å². The molecule has 1 aliphatic carbocycles. The van der Waals surface area contributed by atoms with Crippen LogP contribution in [0.25, 0.3) is 0 Å². The van der Waals surface area contributed by atoms with Gasteiger partial charge in [-0.25, -0.2) is 4.39 Å². The number of piperidine rings is 1. The van der Waals surface area contributed by atoms with Gasteiger partial charge in [0, 0.05) is 20.2 Å². The fourth-order valence-electron chi connectivity index (χ4n) is 4.93. The molecule has 2 fully saturated rings. The number of hydrogen-bond acceptors (Lipinski definition) is 4. The van der Waals surface area contributed by atoms with Gasteiger partial charge in [-0.1, -0.05) is 36.0 Å². The molecule has 0 spiro atoms. The van der Waals surface area contributed by atoms with Gasteiger partial charge in [-0.3, -0.25) is 4.79 Å². The Morgan fingerprint density at radius 1 is 1.16 bits per heavy atom. The molecule has 1 amide bonds. The Bertz CT molecular complexity index is 713. The van der Waals surface area contributed by atoms with Crippen molar-refractivity contribution in [2.45, 2.75) is 51.0 Å². The first-order valence-electron chi connectivity index (χ1n) is 11.2. The molecule has 1 saturated carbocycles. The zero-order valence-corrected chi connectivity index (χ0v) is 19.6. The monoisotopic (exact) mass is 474 g/mol. The minimum atomic E-state index is -0.463. The molecule has 1 saturated heterocycles. The number of hydrogen-bond donors (Lipinski definition) is 1. The lowest BCUT2D eigenvalue weighted by Crippen LogP contribution is -2.39. The van der Waals surface area contributed by atoms with Crippen LogP contribution in [0.5, 0.6) is 5.75 Å². The number of halogens is 3. The van der Waals surface area contributed by atoms with E-state index in [1.54, 1.807) is 7.11 Å². The summed E-state index contributed by atoms with van der Waals surface area (Å²) in [6, 6.07) is 2.46. The van der Waals surface area contributed by atoms with Crippen LogP contribution in [-0.4, -0.2) is 50.3 Å². The summed E-state index contributed by atoms with van der Waals surface area (Å²) in [5.74, 6) is 0.578. The van der Waals surface area contributed by atoms with Crippen LogP contribution in [0.4, 0.5) is 4.39 Å². The lowest BCUT2D eigenvalue weighted by atomic mass is 9.75. The Labute approximate surface area is 194 Å². The molecule has 0 bridgehead atoms. The van der Waals surface area contributed by atoms with Crippen molar-refractivity contribution in [3.63, 3.8) is 0 Å². The Hall–Kier alpha value is -1.08. The molecule has 31 heavy (non-hydrogen) atoms. The van der Waals surface area contributed by atoms with Gasteiger partial charge >= 0.3 is 0 Å². The molecule has 1 heterocycles. The Morgan fingerprint density at radius 3 is 2.32 bits per heavy atom. The predicted molar refractivity (Wildman–Crippen MR) is 121 cm³/mol. The van der Waals surface area contributed by atoms with Gasteiger partial charge in [-0.05, 0) is 62.6 Å². The maximum absolute atomic E-state index is 13.3. The number of benzene rings is 1. The first-order chi connectivity index (χ1) is 14.9. The van der Waals surface area contributed by atoms with Crippen molar-refractivity contribution >= 4 is 29.1 Å². The molecule has 8 heteroatoms. The molecule has 174 valence electrons. The highest BCUT2D eigenvalue weighted by Gasteiger charge is 2.31. The van der Waals surface area contributed by atoms with Crippen molar-refractivity contribution in [3.8, 4) is 5.75 Å². The van der Waals surface area contributed by atoms with Crippen molar-refractivity contribution in [1.82, 2.24) is 4.90 Å². The first-order valence-corrected chi connectivity index (χ1v) is 11.9. The van der Waals surface area contributed by atoms with E-state index in [0.717, 1.165) is 58.2 Å². The average molecular weight is 475 g/mol. The van der Waals surface area contributed by atoms with Crippen molar-refractivity contribution in [1.29, 1.82) is 0 Å². The molecule has 0 aromatic heterocycles. The second kappa shape index (κ2) is 11.7. The summed E-state index contributed by atoms with van der Waals surface area (Å²) >= 11 is 12.2. The summed E-state index contributed by atoms with van der Waals surface area (Å²) in [5, 5.41) is 0.430. The standard InChI is InChI=1S/C23H33Cl2FN2O3/c1-30-14-19(23(27)29)16-4-2-15(3-5-16)6-9-28-10-7-18(8-11-28)31-22-20(24)12-17(26)13-21(22)25/h12-13,15-16,18-19H,2-11,14H2,1H3,(H2,27,29). The summed E-state index contributed by atoms with van der Waals surface area (Å²) in [5.41, 5.74) is 5.56. The Morgan fingerprint density at radius 2 is 1.77 bits per heavy atom. The maximum Gasteiger partial charge on any atom is 0.223 e. The topological polar surface area (TPSA) is 64.8 Å². The minimum absolute atomic E-state index is 0.0404. The van der Waals surface area contributed by atoms with Crippen LogP contribution in [-0.2, 0) is 9.53 Å². The molecule has 2 aliphatic rings. The van der Waals surface area contributed by atoms with Crippen LogP contribution in [0, 0.1) is 23.6 Å². The highest BCUT2D eigenvalue weighted by molar-refractivity contribution is 6.37. The largest absolute Gasteiger partial charge is 0.487 e. The number of amides is 1. The summed E-state index contributed by atoms with van der Waals surface area (Å²) in [6.45, 7) is 3.44. The van der Waals surface area contributed by atoms with Crippen molar-refractivity contribution in [2.24, 2.45) is 23.5 Å². The summed E-state index contributed by atoms with van der Waals surface area (Å²) in [4.78, 5) is 14.2. The van der Waals surface area contributed by atoms with E-state index in [1.165, 1.54) is 18.6 Å². The molecule has 0 radical (unpaired) electrons. The molecule has 1 aromatic rings. The SMILES string of the molecule is COCC(C(N)=O)C1CCC(CCN2CCC(Oc3c(Cl)cc(F)cc3Cl)CC2)CC1. The summed E-state index contributed by atoms with van der Waals surface area (Å²) in [6.07, 6.45) is 7.42. The molecule has 1 unspecified atom stereocenters. The van der Waals surface area contributed by atoms with Crippen LogP contribution in [0.3, 0.4) is 0 Å². The van der Waals surface area contributed by atoms with E-state index in [4.69, 9.17) is 38.4 Å². The molecule has 2 N–H and O–H groups in total. The molecule has 1 atom stereocenters. The fourth-order valence-corrected chi connectivity index (χ4v) is 5.48. The van der Waals surface area contributed by atoms with E-state index >= 15 is 0 Å². The zero-order chi connectivity index (χ0) is 22.4. The zero-order valence-electron chi connectivity index (χ0n) is 18.1. The summed E-state index contributed by atoms with van der Waals surface area (Å²) < 4.78 is 24.5. The van der Waals surface area contributed by atoms with Gasteiger partial charge in [0.05, 0.1) is 22.6 Å². The van der Waals surface area contributed by atoms with E-state index < -0.39 is 5.82 Å². The fraction of sp³-hybridized carbons (Fsp3) is 0.696. The molecular weight excluding hydrogens is 442 g/mol. The number of carbonyl (C=O) groups excluding carboxylic acids is 1. The number of rotatable bonds is 9. The van der Waals surface area contributed by atoms with Crippen LogP contribution in [0.2, 0.25) is 10.0 Å². The lowest BCUT2D eigenvalue weighted by molar-refractivity contribution is -0.126. The van der Waals surface area contributed by atoms with Crippen molar-refractivity contribution in [2.75, 3.05) is 33.4 Å². The van der Waals surface area contributed by atoms with Gasteiger partial charge < -0.3 is 20.1 Å². The number of methoxy groups -OCH3 is 1. The highest BCUT2D eigenvalue weighted by atomic mass is 35.5. The van der Waals surface area contributed by atoms with Gasteiger partial charge in [0.2, 0.25) is 5.91 Å². The van der Waals surface area contributed by atoms with Crippen molar-refractivity contribution in [3.05, 3.63) is 28.0 Å². The van der Waals surface area contributed by atoms with E-state index in [2.05, 4.69) is 4.90 Å². The van der Waals surface area contributed by atoms with Crippen LogP contribution in [0.15, 0.2) is 12.1 Å². The molecule has 3 rings (SSSR count). The molecular formula is C23H33Cl2FN2O3. The second-order valence-electron chi connectivity index (χ2n) is 8.89. The number of primary amides is 1. The van der Waals surface area contributed by atoms with Gasteiger partial charge in [0.1, 0.15) is 11.9 Å². The van der Waals surface area contributed by atoms with E-state index in [0.29, 0.717) is 24.2 Å². The second-order valence-corrected chi connectivity index (χ2v) is 9.71. The van der Waals surface area contributed by atoms with Crippen LogP contribution in [0.1, 0.15) is 44.9 Å². The van der Waals surface area contributed by atoms with Crippen molar-refractivity contribution < 1.29 is 18.7 Å². The van der Waals surface area contributed by atoms with Gasteiger partial charge in [-0.15, -0.1) is 0 Å². The smallest absolute Gasteiger partial charge is 0.223 e. The quantitative estimate of drug-likeness (QED) is 0.551. The molecule has 1 aliphatic heterocycles. The minimum Gasteiger partial charge on any atom is -0.487 e. The van der Waals surface area contributed by atoms with Gasteiger partial charge in [0.15, 0.2) is 5.75 Å². The Balaban J connectivity index is 1.37. The van der Waals surface area contributed by atoms with E-state index in [1.807, 2.05) is 0 Å². The third-order valence-corrected chi connectivity index (χ3v) is 7.37. The van der Waals surface area contributed by atoms with E-state index in [-0.39, 0.29) is 28.0 Å². The van der Waals surface area contributed by atoms with Gasteiger partial charge in [-0.2, -0.15) is 0 Å².